The maximum absolute atomic E-state index is 11.7. The first-order valence-corrected chi connectivity index (χ1v) is 7.83. The van der Waals surface area contributed by atoms with E-state index in [1.165, 1.54) is 7.11 Å². The second kappa shape index (κ2) is 11.5. The lowest BCUT2D eigenvalue weighted by Gasteiger charge is -2.21. The lowest BCUT2D eigenvalue weighted by atomic mass is 9.99. The minimum atomic E-state index is -0.176. The monoisotopic (exact) mass is 440 g/mol. The Bertz CT molecular complexity index is 418. The summed E-state index contributed by atoms with van der Waals surface area (Å²) in [7, 11) is 3.12. The zero-order chi connectivity index (χ0) is 16.5. The van der Waals surface area contributed by atoms with Crippen molar-refractivity contribution in [2.24, 2.45) is 16.8 Å². The number of aliphatic imine (C=N–C) groups is 1. The molecule has 8 heteroatoms. The molecule has 0 spiro atoms. The Labute approximate surface area is 155 Å². The summed E-state index contributed by atoms with van der Waals surface area (Å²) in [6.45, 7) is 6.63. The van der Waals surface area contributed by atoms with Crippen LogP contribution in [0.1, 0.15) is 26.7 Å². The third kappa shape index (κ3) is 6.92. The Kier molecular flexibility index (Phi) is 10.9. The predicted molar refractivity (Wildman–Crippen MR) is 101 cm³/mol. The summed E-state index contributed by atoms with van der Waals surface area (Å²) in [5, 5.41) is 6.02. The fraction of sp³-hybridized carbons (Fsp3) is 0.800. The van der Waals surface area contributed by atoms with Gasteiger partial charge in [0.05, 0.1) is 13.0 Å². The smallest absolute Gasteiger partial charge is 0.310 e. The number of ether oxygens (including phenoxy) is 1. The van der Waals surface area contributed by atoms with Crippen molar-refractivity contribution < 1.29 is 14.3 Å². The summed E-state index contributed by atoms with van der Waals surface area (Å²) < 4.78 is 4.84. The molecule has 0 aromatic carbocycles. The molecule has 7 nitrogen and oxygen atoms in total. The van der Waals surface area contributed by atoms with Gasteiger partial charge in [0.1, 0.15) is 0 Å². The number of nitrogens with one attached hydrogen (secondary N) is 2. The predicted octanol–water partition coefficient (Wildman–Crippen LogP) is 0.837. The number of nitrogens with zero attached hydrogens (tertiary/aromatic N) is 2. The van der Waals surface area contributed by atoms with Gasteiger partial charge in [-0.2, -0.15) is 0 Å². The topological polar surface area (TPSA) is 83.0 Å². The summed E-state index contributed by atoms with van der Waals surface area (Å²) in [6.07, 6.45) is 1.34. The normalized spacial score (nSPS) is 20.7. The molecule has 0 aromatic rings. The largest absolute Gasteiger partial charge is 0.469 e. The van der Waals surface area contributed by atoms with Crippen LogP contribution in [0.5, 0.6) is 0 Å². The molecule has 1 heterocycles. The zero-order valence-corrected chi connectivity index (χ0v) is 16.8. The highest BCUT2D eigenvalue weighted by molar-refractivity contribution is 14.0. The minimum absolute atomic E-state index is 0. The standard InChI is InChI=1S/C15H28N4O3.HI/c1-5-7-17-13(20)6-8-18-15(16-3)19-9-11(2)12(10-19)14(21)22-4;/h11-12H,5-10H2,1-4H3,(H,16,18)(H,17,20);1H. The number of esters is 1. The maximum atomic E-state index is 11.7. The van der Waals surface area contributed by atoms with Gasteiger partial charge in [-0.3, -0.25) is 14.6 Å². The van der Waals surface area contributed by atoms with Gasteiger partial charge in [-0.1, -0.05) is 13.8 Å². The van der Waals surface area contributed by atoms with Crippen molar-refractivity contribution in [1.29, 1.82) is 0 Å². The molecule has 0 radical (unpaired) electrons. The maximum Gasteiger partial charge on any atom is 0.310 e. The molecule has 1 rings (SSSR count). The summed E-state index contributed by atoms with van der Waals surface area (Å²) in [4.78, 5) is 29.6. The second-order valence-electron chi connectivity index (χ2n) is 5.59. The third-order valence-electron chi connectivity index (χ3n) is 3.83. The number of likely N-dealkylation sites (tertiary alicyclic amines) is 1. The van der Waals surface area contributed by atoms with Crippen LogP contribution in [-0.2, 0) is 14.3 Å². The van der Waals surface area contributed by atoms with Crippen LogP contribution >= 0.6 is 24.0 Å². The molecule has 1 aliphatic heterocycles. The van der Waals surface area contributed by atoms with Gasteiger partial charge in [0.2, 0.25) is 5.91 Å². The van der Waals surface area contributed by atoms with Crippen LogP contribution < -0.4 is 10.6 Å². The van der Waals surface area contributed by atoms with Crippen molar-refractivity contribution in [3.8, 4) is 0 Å². The first kappa shape index (κ1) is 21.9. The van der Waals surface area contributed by atoms with E-state index in [1.54, 1.807) is 7.05 Å². The van der Waals surface area contributed by atoms with Crippen molar-refractivity contribution >= 4 is 41.8 Å². The van der Waals surface area contributed by atoms with Crippen molar-refractivity contribution in [2.45, 2.75) is 26.7 Å². The van der Waals surface area contributed by atoms with Gasteiger partial charge < -0.3 is 20.3 Å². The average Bonchev–Trinajstić information content (AvgIpc) is 2.90. The van der Waals surface area contributed by atoms with Gasteiger partial charge >= 0.3 is 5.97 Å². The fourth-order valence-electron chi connectivity index (χ4n) is 2.57. The Hall–Kier alpha value is -1.06. The summed E-state index contributed by atoms with van der Waals surface area (Å²) in [5.41, 5.74) is 0. The van der Waals surface area contributed by atoms with Crippen LogP contribution in [0, 0.1) is 11.8 Å². The van der Waals surface area contributed by atoms with E-state index in [0.717, 1.165) is 18.9 Å². The molecule has 2 unspecified atom stereocenters. The van der Waals surface area contributed by atoms with E-state index >= 15 is 0 Å². The molecule has 0 aromatic heterocycles. The third-order valence-corrected chi connectivity index (χ3v) is 3.83. The molecule has 23 heavy (non-hydrogen) atoms. The number of amides is 1. The molecule has 0 bridgehead atoms. The second-order valence-corrected chi connectivity index (χ2v) is 5.59. The molecular weight excluding hydrogens is 411 g/mol. The van der Waals surface area contributed by atoms with E-state index < -0.39 is 0 Å². The van der Waals surface area contributed by atoms with E-state index in [9.17, 15) is 9.59 Å². The van der Waals surface area contributed by atoms with Gasteiger partial charge in [-0.05, 0) is 12.3 Å². The Balaban J connectivity index is 0.00000484. The molecule has 1 aliphatic rings. The molecule has 2 N–H and O–H groups in total. The van der Waals surface area contributed by atoms with Crippen LogP contribution in [0.25, 0.3) is 0 Å². The highest BCUT2D eigenvalue weighted by atomic mass is 127. The first-order chi connectivity index (χ1) is 10.5. The van der Waals surface area contributed by atoms with Crippen LogP contribution in [0.4, 0.5) is 0 Å². The molecule has 0 saturated carbocycles. The zero-order valence-electron chi connectivity index (χ0n) is 14.4. The van der Waals surface area contributed by atoms with Crippen molar-refractivity contribution in [2.75, 3.05) is 40.3 Å². The lowest BCUT2D eigenvalue weighted by Crippen LogP contribution is -2.42. The number of hydrogen-bond donors (Lipinski definition) is 2. The fourth-order valence-corrected chi connectivity index (χ4v) is 2.57. The first-order valence-electron chi connectivity index (χ1n) is 7.83. The highest BCUT2D eigenvalue weighted by Crippen LogP contribution is 2.23. The highest BCUT2D eigenvalue weighted by Gasteiger charge is 2.36. The summed E-state index contributed by atoms with van der Waals surface area (Å²) in [5.74, 6) is 0.674. The lowest BCUT2D eigenvalue weighted by molar-refractivity contribution is -0.146. The number of guanidine groups is 1. The van der Waals surface area contributed by atoms with Crippen molar-refractivity contribution in [3.05, 3.63) is 0 Å². The van der Waals surface area contributed by atoms with E-state index in [2.05, 4.69) is 15.6 Å². The van der Waals surface area contributed by atoms with Gasteiger partial charge in [0.15, 0.2) is 5.96 Å². The SMILES string of the molecule is CCCNC(=O)CCNC(=NC)N1CC(C)C(C(=O)OC)C1.I. The number of carbonyl (C=O) groups is 2. The van der Waals surface area contributed by atoms with Gasteiger partial charge in [-0.15, -0.1) is 24.0 Å². The van der Waals surface area contributed by atoms with E-state index in [1.807, 2.05) is 18.7 Å². The summed E-state index contributed by atoms with van der Waals surface area (Å²) >= 11 is 0. The Morgan fingerprint density at radius 2 is 1.96 bits per heavy atom. The van der Waals surface area contributed by atoms with Crippen LogP contribution in [0.2, 0.25) is 0 Å². The van der Waals surface area contributed by atoms with Crippen LogP contribution in [0.15, 0.2) is 4.99 Å². The van der Waals surface area contributed by atoms with Gasteiger partial charge in [-0.25, -0.2) is 0 Å². The molecule has 0 aliphatic carbocycles. The van der Waals surface area contributed by atoms with E-state index in [4.69, 9.17) is 4.74 Å². The van der Waals surface area contributed by atoms with Crippen LogP contribution in [0.3, 0.4) is 0 Å². The average molecular weight is 440 g/mol. The number of rotatable bonds is 6. The Morgan fingerprint density at radius 3 is 2.52 bits per heavy atom. The molecule has 134 valence electrons. The number of carbonyl (C=O) groups excluding carboxylic acids is 2. The van der Waals surface area contributed by atoms with E-state index in [0.29, 0.717) is 26.1 Å². The molecule has 1 saturated heterocycles. The summed E-state index contributed by atoms with van der Waals surface area (Å²) in [6, 6.07) is 0. The van der Waals surface area contributed by atoms with Gasteiger partial charge in [0.25, 0.3) is 0 Å². The number of hydrogen-bond acceptors (Lipinski definition) is 4. The number of halogens is 1. The quantitative estimate of drug-likeness (QED) is 0.277. The molecule has 1 amide bonds. The van der Waals surface area contributed by atoms with Crippen molar-refractivity contribution in [1.82, 2.24) is 15.5 Å². The molecule has 1 fully saturated rings. The van der Waals surface area contributed by atoms with Gasteiger partial charge in [0, 0.05) is 39.6 Å². The van der Waals surface area contributed by atoms with Crippen LogP contribution in [-0.4, -0.2) is 63.1 Å². The molecule has 2 atom stereocenters. The number of methoxy groups -OCH3 is 1. The molecular formula is C15H29IN4O3. The van der Waals surface area contributed by atoms with E-state index in [-0.39, 0.29) is 47.7 Å². The minimum Gasteiger partial charge on any atom is -0.469 e. The van der Waals surface area contributed by atoms with Crippen molar-refractivity contribution in [3.63, 3.8) is 0 Å². The Morgan fingerprint density at radius 1 is 1.26 bits per heavy atom.